The second-order valence-corrected chi connectivity index (χ2v) is 4.96. The second kappa shape index (κ2) is 5.66. The summed E-state index contributed by atoms with van der Waals surface area (Å²) in [5.74, 6) is 0.709. The zero-order valence-corrected chi connectivity index (χ0v) is 9.93. The van der Waals surface area contributed by atoms with Crippen LogP contribution in [-0.4, -0.2) is 18.5 Å². The molecule has 16 heavy (non-hydrogen) atoms. The Morgan fingerprint density at radius 3 is 3.06 bits per heavy atom. The van der Waals surface area contributed by atoms with E-state index in [9.17, 15) is 4.39 Å². The van der Waals surface area contributed by atoms with Gasteiger partial charge < -0.3 is 10.5 Å². The minimum atomic E-state index is -0.220. The van der Waals surface area contributed by atoms with Gasteiger partial charge in [0.25, 0.3) is 0 Å². The average molecular weight is 241 g/mol. The van der Waals surface area contributed by atoms with Crippen LogP contribution in [0.1, 0.15) is 18.4 Å². The first-order valence-electron chi connectivity index (χ1n) is 5.52. The summed E-state index contributed by atoms with van der Waals surface area (Å²) >= 11 is 1.71. The molecule has 1 aliphatic heterocycles. The summed E-state index contributed by atoms with van der Waals surface area (Å²) in [6.45, 7) is 1.25. The van der Waals surface area contributed by atoms with Crippen LogP contribution in [0.15, 0.2) is 23.1 Å². The van der Waals surface area contributed by atoms with Crippen LogP contribution in [0.4, 0.5) is 4.39 Å². The topological polar surface area (TPSA) is 35.2 Å². The van der Waals surface area contributed by atoms with Crippen molar-refractivity contribution in [2.24, 2.45) is 5.73 Å². The van der Waals surface area contributed by atoms with Gasteiger partial charge in [0, 0.05) is 23.8 Å². The van der Waals surface area contributed by atoms with Crippen molar-refractivity contribution in [3.63, 3.8) is 0 Å². The Morgan fingerprint density at radius 1 is 1.50 bits per heavy atom. The van der Waals surface area contributed by atoms with Crippen molar-refractivity contribution >= 4 is 11.8 Å². The van der Waals surface area contributed by atoms with Crippen molar-refractivity contribution in [1.29, 1.82) is 0 Å². The molecule has 1 aromatic carbocycles. The molecule has 1 heterocycles. The standard InChI is InChI=1S/C12H16FNOS/c13-10-3-4-12(9(6-10)7-14)16-8-11-2-1-5-15-11/h3-4,6,11H,1-2,5,7-8,14H2. The number of hydrogen-bond acceptors (Lipinski definition) is 3. The lowest BCUT2D eigenvalue weighted by Crippen LogP contribution is -2.08. The van der Waals surface area contributed by atoms with Crippen LogP contribution in [0.25, 0.3) is 0 Å². The molecule has 1 fully saturated rings. The van der Waals surface area contributed by atoms with Crippen molar-refractivity contribution in [3.8, 4) is 0 Å². The molecule has 1 aliphatic rings. The van der Waals surface area contributed by atoms with E-state index < -0.39 is 0 Å². The van der Waals surface area contributed by atoms with E-state index in [0.29, 0.717) is 12.6 Å². The van der Waals surface area contributed by atoms with Crippen LogP contribution in [-0.2, 0) is 11.3 Å². The van der Waals surface area contributed by atoms with Gasteiger partial charge in [-0.05, 0) is 36.6 Å². The Kier molecular flexibility index (Phi) is 4.21. The predicted molar refractivity (Wildman–Crippen MR) is 64.0 cm³/mol. The number of ether oxygens (including phenoxy) is 1. The van der Waals surface area contributed by atoms with Gasteiger partial charge in [-0.1, -0.05) is 0 Å². The van der Waals surface area contributed by atoms with Crippen LogP contribution >= 0.6 is 11.8 Å². The fraction of sp³-hybridized carbons (Fsp3) is 0.500. The Morgan fingerprint density at radius 2 is 2.38 bits per heavy atom. The molecule has 1 atom stereocenters. The third kappa shape index (κ3) is 2.97. The molecule has 0 radical (unpaired) electrons. The van der Waals surface area contributed by atoms with E-state index in [1.54, 1.807) is 17.8 Å². The molecule has 1 saturated heterocycles. The van der Waals surface area contributed by atoms with Crippen LogP contribution in [0.2, 0.25) is 0 Å². The fourth-order valence-electron chi connectivity index (χ4n) is 1.81. The number of halogens is 1. The Labute approximate surface area is 99.4 Å². The number of nitrogens with two attached hydrogens (primary N) is 1. The summed E-state index contributed by atoms with van der Waals surface area (Å²) in [7, 11) is 0. The first-order valence-corrected chi connectivity index (χ1v) is 6.51. The molecule has 2 rings (SSSR count). The lowest BCUT2D eigenvalue weighted by molar-refractivity contribution is 0.129. The molecular formula is C12H16FNOS. The highest BCUT2D eigenvalue weighted by atomic mass is 32.2. The molecule has 0 saturated carbocycles. The zero-order chi connectivity index (χ0) is 11.4. The summed E-state index contributed by atoms with van der Waals surface area (Å²) < 4.78 is 18.5. The van der Waals surface area contributed by atoms with E-state index in [1.165, 1.54) is 12.1 Å². The maximum atomic E-state index is 13.0. The molecule has 1 unspecified atom stereocenters. The minimum Gasteiger partial charge on any atom is -0.377 e. The number of thioether (sulfide) groups is 1. The third-order valence-electron chi connectivity index (χ3n) is 2.69. The summed E-state index contributed by atoms with van der Waals surface area (Å²) in [5.41, 5.74) is 6.47. The smallest absolute Gasteiger partial charge is 0.123 e. The Balaban J connectivity index is 1.97. The SMILES string of the molecule is NCc1cc(F)ccc1SCC1CCCO1. The largest absolute Gasteiger partial charge is 0.377 e. The number of benzene rings is 1. The van der Waals surface area contributed by atoms with Crippen LogP contribution < -0.4 is 5.73 Å². The minimum absolute atomic E-state index is 0.220. The van der Waals surface area contributed by atoms with Gasteiger partial charge >= 0.3 is 0 Å². The molecule has 0 bridgehead atoms. The summed E-state index contributed by atoms with van der Waals surface area (Å²) in [4.78, 5) is 1.07. The molecule has 0 aliphatic carbocycles. The molecule has 0 spiro atoms. The lowest BCUT2D eigenvalue weighted by Gasteiger charge is -2.11. The molecule has 0 aromatic heterocycles. The third-order valence-corrected chi connectivity index (χ3v) is 3.94. The summed E-state index contributed by atoms with van der Waals surface area (Å²) in [5, 5.41) is 0. The number of rotatable bonds is 4. The van der Waals surface area contributed by atoms with E-state index in [2.05, 4.69) is 0 Å². The van der Waals surface area contributed by atoms with Gasteiger partial charge in [0.05, 0.1) is 6.10 Å². The van der Waals surface area contributed by atoms with Crippen LogP contribution in [0, 0.1) is 5.82 Å². The maximum absolute atomic E-state index is 13.0. The normalized spacial score (nSPS) is 20.2. The maximum Gasteiger partial charge on any atom is 0.123 e. The summed E-state index contributed by atoms with van der Waals surface area (Å²) in [6, 6.07) is 4.80. The van der Waals surface area contributed by atoms with Gasteiger partial charge in [0.2, 0.25) is 0 Å². The van der Waals surface area contributed by atoms with Crippen molar-refractivity contribution in [2.45, 2.75) is 30.4 Å². The molecule has 4 heteroatoms. The van der Waals surface area contributed by atoms with E-state index in [-0.39, 0.29) is 5.82 Å². The zero-order valence-electron chi connectivity index (χ0n) is 9.12. The van der Waals surface area contributed by atoms with Gasteiger partial charge in [-0.25, -0.2) is 4.39 Å². The van der Waals surface area contributed by atoms with Crippen molar-refractivity contribution in [3.05, 3.63) is 29.6 Å². The molecule has 88 valence electrons. The van der Waals surface area contributed by atoms with Crippen molar-refractivity contribution in [1.82, 2.24) is 0 Å². The predicted octanol–water partition coefficient (Wildman–Crippen LogP) is 2.56. The molecular weight excluding hydrogens is 225 g/mol. The summed E-state index contributed by atoms with van der Waals surface area (Å²) in [6.07, 6.45) is 2.63. The lowest BCUT2D eigenvalue weighted by atomic mass is 10.2. The van der Waals surface area contributed by atoms with Crippen molar-refractivity contribution in [2.75, 3.05) is 12.4 Å². The van der Waals surface area contributed by atoms with Crippen LogP contribution in [0.3, 0.4) is 0 Å². The molecule has 1 aromatic rings. The molecule has 2 nitrogen and oxygen atoms in total. The van der Waals surface area contributed by atoms with Gasteiger partial charge in [-0.2, -0.15) is 0 Å². The highest BCUT2D eigenvalue weighted by Crippen LogP contribution is 2.27. The first-order chi connectivity index (χ1) is 7.79. The van der Waals surface area contributed by atoms with Gasteiger partial charge in [-0.3, -0.25) is 0 Å². The van der Waals surface area contributed by atoms with Crippen LogP contribution in [0.5, 0.6) is 0 Å². The van der Waals surface area contributed by atoms with E-state index >= 15 is 0 Å². The Bertz CT molecular complexity index is 353. The molecule has 2 N–H and O–H groups in total. The van der Waals surface area contributed by atoms with E-state index in [1.807, 2.05) is 0 Å². The van der Waals surface area contributed by atoms with Gasteiger partial charge in [-0.15, -0.1) is 11.8 Å². The average Bonchev–Trinajstić information content (AvgIpc) is 2.80. The van der Waals surface area contributed by atoms with Crippen molar-refractivity contribution < 1.29 is 9.13 Å². The monoisotopic (exact) mass is 241 g/mol. The van der Waals surface area contributed by atoms with Gasteiger partial charge in [0.1, 0.15) is 5.82 Å². The highest BCUT2D eigenvalue weighted by Gasteiger charge is 2.16. The van der Waals surface area contributed by atoms with Gasteiger partial charge in [0.15, 0.2) is 0 Å². The van der Waals surface area contributed by atoms with E-state index in [0.717, 1.165) is 35.7 Å². The van der Waals surface area contributed by atoms with E-state index in [4.69, 9.17) is 10.5 Å². The Hall–Kier alpha value is -0.580. The quantitative estimate of drug-likeness (QED) is 0.823. The first kappa shape index (κ1) is 11.9. The molecule has 0 amide bonds. The highest BCUT2D eigenvalue weighted by molar-refractivity contribution is 7.99. The fourth-order valence-corrected chi connectivity index (χ4v) is 2.93. The number of hydrogen-bond donors (Lipinski definition) is 1. The second-order valence-electron chi connectivity index (χ2n) is 3.90.